The number of hydrogen-bond donors (Lipinski definition) is 2. The van der Waals surface area contributed by atoms with Crippen molar-refractivity contribution < 1.29 is 9.59 Å². The lowest BCUT2D eigenvalue weighted by molar-refractivity contribution is -0.124. The van der Waals surface area contributed by atoms with Crippen molar-refractivity contribution in [3.05, 3.63) is 62.9 Å². The fourth-order valence-corrected chi connectivity index (χ4v) is 2.62. The molecule has 0 bridgehead atoms. The highest BCUT2D eigenvalue weighted by molar-refractivity contribution is 6.35. The normalized spacial score (nSPS) is 10.6. The zero-order valence-corrected chi connectivity index (χ0v) is 15.3. The number of hydrogen-bond acceptors (Lipinski definition) is 5. The molecule has 138 valence electrons. The van der Waals surface area contributed by atoms with E-state index in [-0.39, 0.29) is 13.1 Å². The molecule has 27 heavy (non-hydrogen) atoms. The Kier molecular flexibility index (Phi) is 5.68. The molecule has 1 heterocycles. The predicted molar refractivity (Wildman–Crippen MR) is 102 cm³/mol. The van der Waals surface area contributed by atoms with Crippen molar-refractivity contribution in [2.75, 3.05) is 11.9 Å². The van der Waals surface area contributed by atoms with E-state index in [1.807, 2.05) is 0 Å². The Morgan fingerprint density at radius 2 is 1.85 bits per heavy atom. The van der Waals surface area contributed by atoms with Gasteiger partial charge >= 0.3 is 0 Å². The topological polar surface area (TPSA) is 106 Å². The second kappa shape index (κ2) is 8.15. The number of carbonyl (C=O) groups excluding carboxylic acids is 2. The van der Waals surface area contributed by atoms with Crippen molar-refractivity contribution in [3.8, 4) is 0 Å². The quantitative estimate of drug-likeness (QED) is 0.673. The van der Waals surface area contributed by atoms with Crippen molar-refractivity contribution in [2.24, 2.45) is 0 Å². The number of carbonyl (C=O) groups is 2. The minimum Gasteiger partial charge on any atom is -0.345 e. The number of nitrogens with zero attached hydrogens (tertiary/aromatic N) is 3. The van der Waals surface area contributed by atoms with Crippen LogP contribution in [-0.4, -0.2) is 33.4 Å². The summed E-state index contributed by atoms with van der Waals surface area (Å²) in [4.78, 5) is 36.3. The lowest BCUT2D eigenvalue weighted by atomic mass is 10.2. The van der Waals surface area contributed by atoms with Crippen LogP contribution in [-0.2, 0) is 16.1 Å². The summed E-state index contributed by atoms with van der Waals surface area (Å²) in [6, 6.07) is 11.3. The molecule has 0 spiro atoms. The summed E-state index contributed by atoms with van der Waals surface area (Å²) in [5, 5.41) is 13.6. The SMILES string of the molecule is O=C(Cn1nnc2ccccc2c1=O)NCC(=O)Nc1cc(Cl)ccc1Cl. The smallest absolute Gasteiger partial charge is 0.278 e. The standard InChI is InChI=1S/C17H13Cl2N5O3/c18-10-5-6-12(19)14(7-10)21-15(25)8-20-16(26)9-24-17(27)11-3-1-2-4-13(11)22-23-24/h1-7H,8-9H2,(H,20,26)(H,21,25). The lowest BCUT2D eigenvalue weighted by Crippen LogP contribution is -2.38. The molecule has 10 heteroatoms. The van der Waals surface area contributed by atoms with Crippen LogP contribution in [0.2, 0.25) is 10.0 Å². The molecular weight excluding hydrogens is 393 g/mol. The molecule has 2 N–H and O–H groups in total. The molecule has 2 aromatic carbocycles. The average molecular weight is 406 g/mol. The van der Waals surface area contributed by atoms with E-state index in [0.717, 1.165) is 4.68 Å². The third kappa shape index (κ3) is 4.60. The molecule has 0 saturated heterocycles. The fourth-order valence-electron chi connectivity index (χ4n) is 2.29. The lowest BCUT2D eigenvalue weighted by Gasteiger charge is -2.09. The van der Waals surface area contributed by atoms with E-state index in [4.69, 9.17) is 23.2 Å². The summed E-state index contributed by atoms with van der Waals surface area (Å²) in [7, 11) is 0. The van der Waals surface area contributed by atoms with Gasteiger partial charge in [-0.15, -0.1) is 5.10 Å². The summed E-state index contributed by atoms with van der Waals surface area (Å²) < 4.78 is 0.934. The zero-order valence-electron chi connectivity index (χ0n) is 13.8. The maximum absolute atomic E-state index is 12.3. The van der Waals surface area contributed by atoms with Crippen molar-refractivity contribution in [1.82, 2.24) is 20.3 Å². The monoisotopic (exact) mass is 405 g/mol. The van der Waals surface area contributed by atoms with E-state index in [1.54, 1.807) is 36.4 Å². The predicted octanol–water partition coefficient (Wildman–Crippen LogP) is 1.85. The van der Waals surface area contributed by atoms with E-state index in [2.05, 4.69) is 20.9 Å². The van der Waals surface area contributed by atoms with Gasteiger partial charge < -0.3 is 10.6 Å². The van der Waals surface area contributed by atoms with Gasteiger partial charge in [0.15, 0.2) is 0 Å². The maximum atomic E-state index is 12.3. The summed E-state index contributed by atoms with van der Waals surface area (Å²) in [6.07, 6.45) is 0. The Labute approximate surface area is 163 Å². The van der Waals surface area contributed by atoms with Crippen LogP contribution in [0.4, 0.5) is 5.69 Å². The average Bonchev–Trinajstić information content (AvgIpc) is 2.65. The third-order valence-corrected chi connectivity index (χ3v) is 4.14. The van der Waals surface area contributed by atoms with Crippen LogP contribution in [0, 0.1) is 0 Å². The number of amides is 2. The Morgan fingerprint density at radius 1 is 1.07 bits per heavy atom. The highest BCUT2D eigenvalue weighted by atomic mass is 35.5. The molecule has 0 fully saturated rings. The number of rotatable bonds is 5. The van der Waals surface area contributed by atoms with Crippen LogP contribution in [0.3, 0.4) is 0 Å². The second-order valence-corrected chi connectivity index (χ2v) is 6.36. The molecule has 3 aromatic rings. The number of aromatic nitrogens is 3. The van der Waals surface area contributed by atoms with Crippen LogP contribution in [0.25, 0.3) is 10.9 Å². The van der Waals surface area contributed by atoms with Gasteiger partial charge in [0, 0.05) is 5.02 Å². The first-order chi connectivity index (χ1) is 12.9. The molecule has 0 atom stereocenters. The first kappa shape index (κ1) is 18.8. The highest BCUT2D eigenvalue weighted by Gasteiger charge is 2.12. The minimum atomic E-state index is -0.561. The first-order valence-electron chi connectivity index (χ1n) is 7.78. The van der Waals surface area contributed by atoms with Crippen LogP contribution in [0.15, 0.2) is 47.3 Å². The number of fused-ring (bicyclic) bond motifs is 1. The van der Waals surface area contributed by atoms with Gasteiger partial charge in [-0.3, -0.25) is 14.4 Å². The Morgan fingerprint density at radius 3 is 2.67 bits per heavy atom. The summed E-state index contributed by atoms with van der Waals surface area (Å²) >= 11 is 11.8. The van der Waals surface area contributed by atoms with E-state index >= 15 is 0 Å². The van der Waals surface area contributed by atoms with Gasteiger partial charge in [-0.05, 0) is 30.3 Å². The summed E-state index contributed by atoms with van der Waals surface area (Å²) in [5.74, 6) is -1.06. The van der Waals surface area contributed by atoms with Gasteiger partial charge in [0.25, 0.3) is 5.56 Å². The zero-order chi connectivity index (χ0) is 19.4. The van der Waals surface area contributed by atoms with Gasteiger partial charge in [0.05, 0.1) is 22.6 Å². The molecule has 0 aliphatic carbocycles. The van der Waals surface area contributed by atoms with Crippen molar-refractivity contribution in [1.29, 1.82) is 0 Å². The number of benzene rings is 2. The first-order valence-corrected chi connectivity index (χ1v) is 8.54. The van der Waals surface area contributed by atoms with Gasteiger partial charge in [0.1, 0.15) is 12.1 Å². The van der Waals surface area contributed by atoms with Crippen molar-refractivity contribution in [2.45, 2.75) is 6.54 Å². The molecule has 8 nitrogen and oxygen atoms in total. The van der Waals surface area contributed by atoms with Crippen molar-refractivity contribution >= 4 is 51.6 Å². The molecule has 0 saturated carbocycles. The molecule has 0 aliphatic heterocycles. The van der Waals surface area contributed by atoms with Gasteiger partial charge in [-0.2, -0.15) is 0 Å². The molecular formula is C17H13Cl2N5O3. The van der Waals surface area contributed by atoms with Gasteiger partial charge in [-0.25, -0.2) is 4.68 Å². The number of nitrogens with one attached hydrogen (secondary N) is 2. The molecule has 3 rings (SSSR count). The molecule has 0 radical (unpaired) electrons. The Hall–Kier alpha value is -2.97. The van der Waals surface area contributed by atoms with Gasteiger partial charge in [0.2, 0.25) is 11.8 Å². The molecule has 0 aliphatic rings. The largest absolute Gasteiger partial charge is 0.345 e. The third-order valence-electron chi connectivity index (χ3n) is 3.57. The van der Waals surface area contributed by atoms with Crippen LogP contribution in [0.5, 0.6) is 0 Å². The Balaban J connectivity index is 1.60. The Bertz CT molecular complexity index is 1080. The van der Waals surface area contributed by atoms with E-state index in [0.29, 0.717) is 26.6 Å². The van der Waals surface area contributed by atoms with Crippen LogP contribution in [0.1, 0.15) is 0 Å². The summed E-state index contributed by atoms with van der Waals surface area (Å²) in [5.41, 5.74) is 0.336. The molecule has 0 unspecified atom stereocenters. The van der Waals surface area contributed by atoms with E-state index in [1.165, 1.54) is 6.07 Å². The van der Waals surface area contributed by atoms with E-state index in [9.17, 15) is 14.4 Å². The van der Waals surface area contributed by atoms with Crippen LogP contribution < -0.4 is 16.2 Å². The van der Waals surface area contributed by atoms with Crippen molar-refractivity contribution in [3.63, 3.8) is 0 Å². The van der Waals surface area contributed by atoms with E-state index < -0.39 is 17.4 Å². The minimum absolute atomic E-state index is 0.308. The second-order valence-electron chi connectivity index (χ2n) is 5.52. The maximum Gasteiger partial charge on any atom is 0.278 e. The van der Waals surface area contributed by atoms with Gasteiger partial charge in [-0.1, -0.05) is 40.5 Å². The molecule has 1 aromatic heterocycles. The highest BCUT2D eigenvalue weighted by Crippen LogP contribution is 2.25. The fraction of sp³-hybridized carbons (Fsp3) is 0.118. The van der Waals surface area contributed by atoms with Crippen LogP contribution >= 0.6 is 23.2 Å². The number of halogens is 2. The molecule has 2 amide bonds. The summed E-state index contributed by atoms with van der Waals surface area (Å²) in [6.45, 7) is -0.667. The number of anilines is 1.